The minimum absolute atomic E-state index is 0.0600. The van der Waals surface area contributed by atoms with E-state index in [1.54, 1.807) is 0 Å². The normalized spacial score (nSPS) is 19.3. The molecule has 4 rings (SSSR count). The molecule has 1 aliphatic heterocycles. The average molecular weight is 599 g/mol. The Bertz CT molecular complexity index is 1570. The molecule has 9 nitrogen and oxygen atoms in total. The summed E-state index contributed by atoms with van der Waals surface area (Å²) >= 11 is 0. The number of carbonyl (C=O) groups excluding carboxylic acids is 2. The molecule has 1 saturated carbocycles. The number of benzene rings is 1. The fourth-order valence-corrected chi connectivity index (χ4v) is 5.74. The third kappa shape index (κ3) is 6.48. The highest BCUT2D eigenvalue weighted by Gasteiger charge is 2.46. The van der Waals surface area contributed by atoms with Gasteiger partial charge in [-0.15, -0.1) is 0 Å². The summed E-state index contributed by atoms with van der Waals surface area (Å²) in [6, 6.07) is 7.01. The quantitative estimate of drug-likeness (QED) is 0.478. The van der Waals surface area contributed by atoms with E-state index in [2.05, 4.69) is 14.7 Å². The molecule has 0 spiro atoms. The van der Waals surface area contributed by atoms with Gasteiger partial charge in [0.05, 0.1) is 26.4 Å². The Kier molecular flexibility index (Phi) is 7.87. The van der Waals surface area contributed by atoms with E-state index in [-0.39, 0.29) is 41.2 Å². The molecule has 1 unspecified atom stereocenters. The molecular formula is C26H27F5N6O3S. The van der Waals surface area contributed by atoms with Crippen molar-refractivity contribution in [3.63, 3.8) is 0 Å². The van der Waals surface area contributed by atoms with Crippen LogP contribution in [-0.2, 0) is 20.7 Å². The molecular weight excluding hydrogens is 571 g/mol. The maximum Gasteiger partial charge on any atom is 0.434 e. The highest BCUT2D eigenvalue weighted by molar-refractivity contribution is 7.93. The summed E-state index contributed by atoms with van der Waals surface area (Å²) in [5.74, 6) is -5.17. The molecule has 2 aliphatic rings. The Labute approximate surface area is 233 Å². The summed E-state index contributed by atoms with van der Waals surface area (Å²) in [5.41, 5.74) is 1.66. The van der Waals surface area contributed by atoms with Crippen LogP contribution in [0.25, 0.3) is 0 Å². The fourth-order valence-electron chi connectivity index (χ4n) is 4.46. The van der Waals surface area contributed by atoms with Crippen molar-refractivity contribution in [2.45, 2.75) is 61.6 Å². The largest absolute Gasteiger partial charge is 0.434 e. The number of nitriles is 1. The van der Waals surface area contributed by atoms with Crippen LogP contribution in [-0.4, -0.2) is 51.8 Å². The van der Waals surface area contributed by atoms with E-state index in [1.807, 2.05) is 0 Å². The van der Waals surface area contributed by atoms with Gasteiger partial charge in [-0.3, -0.25) is 9.59 Å². The van der Waals surface area contributed by atoms with Gasteiger partial charge in [0, 0.05) is 42.8 Å². The van der Waals surface area contributed by atoms with Crippen LogP contribution in [0.3, 0.4) is 0 Å². The van der Waals surface area contributed by atoms with Crippen LogP contribution in [0.5, 0.6) is 0 Å². The monoisotopic (exact) mass is 598 g/mol. The number of aromatic nitrogens is 1. The lowest BCUT2D eigenvalue weighted by molar-refractivity contribution is -0.141. The van der Waals surface area contributed by atoms with E-state index < -0.39 is 69.1 Å². The lowest BCUT2D eigenvalue weighted by Crippen LogP contribution is -2.32. The molecule has 15 heteroatoms. The van der Waals surface area contributed by atoms with Crippen LogP contribution in [0.2, 0.25) is 0 Å². The number of rotatable bonds is 5. The maximum absolute atomic E-state index is 14.0. The van der Waals surface area contributed by atoms with Gasteiger partial charge >= 0.3 is 6.18 Å². The molecule has 2 aromatic rings. The molecule has 0 bridgehead atoms. The number of anilines is 2. The van der Waals surface area contributed by atoms with Crippen LogP contribution in [0.4, 0.5) is 33.5 Å². The number of hydrogen-bond acceptors (Lipinski definition) is 7. The van der Waals surface area contributed by atoms with Crippen LogP contribution in [0.1, 0.15) is 59.3 Å². The van der Waals surface area contributed by atoms with E-state index in [0.717, 1.165) is 6.92 Å². The lowest BCUT2D eigenvalue weighted by atomic mass is 10.00. The summed E-state index contributed by atoms with van der Waals surface area (Å²) < 4.78 is 86.6. The van der Waals surface area contributed by atoms with Crippen LogP contribution >= 0.6 is 0 Å². The number of hydrogen-bond donors (Lipinski definition) is 2. The van der Waals surface area contributed by atoms with Crippen molar-refractivity contribution in [2.75, 3.05) is 29.6 Å². The second-order valence-electron chi connectivity index (χ2n) is 10.3. The van der Waals surface area contributed by atoms with Crippen molar-refractivity contribution >= 4 is 33.0 Å². The van der Waals surface area contributed by atoms with Crippen molar-refractivity contribution in [3.8, 4) is 6.07 Å². The zero-order valence-corrected chi connectivity index (χ0v) is 23.0. The smallest absolute Gasteiger partial charge is 0.356 e. The predicted octanol–water partition coefficient (Wildman–Crippen LogP) is 4.63. The van der Waals surface area contributed by atoms with Gasteiger partial charge in [0.25, 0.3) is 11.8 Å². The average Bonchev–Trinajstić information content (AvgIpc) is 3.65. The minimum Gasteiger partial charge on any atom is -0.356 e. The van der Waals surface area contributed by atoms with Gasteiger partial charge < -0.3 is 16.0 Å². The van der Waals surface area contributed by atoms with Crippen molar-refractivity contribution in [1.29, 1.82) is 5.26 Å². The van der Waals surface area contributed by atoms with Crippen LogP contribution in [0, 0.1) is 18.3 Å². The first-order chi connectivity index (χ1) is 19.0. The second kappa shape index (κ2) is 10.6. The number of carbonyl (C=O) groups is 2. The molecule has 1 atom stereocenters. The number of nitrogens with one attached hydrogen (secondary N) is 1. The van der Waals surface area contributed by atoms with E-state index in [4.69, 9.17) is 5.73 Å². The summed E-state index contributed by atoms with van der Waals surface area (Å²) in [6.45, 7) is 0.701. The SMILES string of the molecule is Cc1c(C#N)c(C(F)(F)F)nc(N2CCCC(F)(F)CC2)c1C(=O)Nc1cccc(S(C)(=O)=NC(=O)C2(N)CC2)c1. The summed E-state index contributed by atoms with van der Waals surface area (Å²) in [7, 11) is -3.27. The molecule has 2 heterocycles. The third-order valence-electron chi connectivity index (χ3n) is 7.05. The summed E-state index contributed by atoms with van der Waals surface area (Å²) in [6.07, 6.45) is -4.17. The molecule has 0 radical (unpaired) electrons. The van der Waals surface area contributed by atoms with Crippen LogP contribution in [0.15, 0.2) is 33.5 Å². The van der Waals surface area contributed by atoms with Crippen molar-refractivity contribution in [1.82, 2.24) is 4.98 Å². The van der Waals surface area contributed by atoms with Crippen molar-refractivity contribution in [2.24, 2.45) is 10.1 Å². The van der Waals surface area contributed by atoms with E-state index in [1.165, 1.54) is 41.5 Å². The Hall–Kier alpha value is -3.64. The highest BCUT2D eigenvalue weighted by Crippen LogP contribution is 2.38. The molecule has 41 heavy (non-hydrogen) atoms. The minimum atomic E-state index is -5.05. The number of nitrogens with zero attached hydrogens (tertiary/aromatic N) is 4. The van der Waals surface area contributed by atoms with E-state index in [9.17, 15) is 41.0 Å². The fraction of sp³-hybridized carbons (Fsp3) is 0.462. The van der Waals surface area contributed by atoms with Gasteiger partial charge in [-0.1, -0.05) is 6.07 Å². The first kappa shape index (κ1) is 30.3. The standard InChI is InChI=1S/C26H27F5N6O3S/c1-15-18(14-32)20(26(29,30)31)35-21(37-11-4-7-25(27,28)10-12-37)19(15)22(38)34-16-5-3-6-17(13-16)41(2,40)36-23(39)24(33)8-9-24/h3,5-6,13H,4,7-12,33H2,1-2H3,(H,34,38). The zero-order valence-electron chi connectivity index (χ0n) is 22.1. The van der Waals surface area contributed by atoms with Gasteiger partial charge in [0.15, 0.2) is 5.69 Å². The topological polar surface area (TPSA) is 142 Å². The number of amides is 2. The Morgan fingerprint density at radius 1 is 1.20 bits per heavy atom. The predicted molar refractivity (Wildman–Crippen MR) is 140 cm³/mol. The molecule has 2 amide bonds. The Morgan fingerprint density at radius 3 is 2.49 bits per heavy atom. The Morgan fingerprint density at radius 2 is 1.88 bits per heavy atom. The Balaban J connectivity index is 1.76. The molecule has 1 aliphatic carbocycles. The number of halogens is 5. The molecule has 1 aromatic carbocycles. The number of alkyl halides is 5. The zero-order chi connectivity index (χ0) is 30.4. The van der Waals surface area contributed by atoms with Gasteiger partial charge in [-0.25, -0.2) is 18.0 Å². The molecule has 3 N–H and O–H groups in total. The van der Waals surface area contributed by atoms with Crippen molar-refractivity contribution in [3.05, 3.63) is 46.6 Å². The number of nitrogens with two attached hydrogens (primary N) is 1. The van der Waals surface area contributed by atoms with E-state index in [0.29, 0.717) is 12.8 Å². The van der Waals surface area contributed by atoms with Gasteiger partial charge in [0.2, 0.25) is 5.92 Å². The maximum atomic E-state index is 14.0. The number of pyridine rings is 1. The van der Waals surface area contributed by atoms with Crippen LogP contribution < -0.4 is 16.0 Å². The molecule has 1 aromatic heterocycles. The van der Waals surface area contributed by atoms with Gasteiger partial charge in [-0.2, -0.15) is 22.8 Å². The first-order valence-corrected chi connectivity index (χ1v) is 14.5. The van der Waals surface area contributed by atoms with E-state index >= 15 is 0 Å². The summed E-state index contributed by atoms with van der Waals surface area (Å²) in [4.78, 5) is 30.8. The third-order valence-corrected chi connectivity index (χ3v) is 8.70. The van der Waals surface area contributed by atoms with Gasteiger partial charge in [-0.05, 0) is 49.9 Å². The van der Waals surface area contributed by atoms with Gasteiger partial charge in [0.1, 0.15) is 11.9 Å². The van der Waals surface area contributed by atoms with Crippen molar-refractivity contribution < 1.29 is 35.8 Å². The molecule has 220 valence electrons. The summed E-state index contributed by atoms with van der Waals surface area (Å²) in [5, 5.41) is 12.0. The second-order valence-corrected chi connectivity index (χ2v) is 12.6. The molecule has 1 saturated heterocycles. The highest BCUT2D eigenvalue weighted by atomic mass is 32.2. The lowest BCUT2D eigenvalue weighted by Gasteiger charge is -2.27. The molecule has 2 fully saturated rings. The first-order valence-electron chi connectivity index (χ1n) is 12.6.